The molecule has 21 heavy (non-hydrogen) atoms. The lowest BCUT2D eigenvalue weighted by Gasteiger charge is -2.13. The molecule has 112 valence electrons. The first kappa shape index (κ1) is 14.9. The summed E-state index contributed by atoms with van der Waals surface area (Å²) in [5.41, 5.74) is 6.98. The summed E-state index contributed by atoms with van der Waals surface area (Å²) in [6.45, 7) is 4.58. The van der Waals surface area contributed by atoms with Crippen molar-refractivity contribution in [2.45, 2.75) is 26.8 Å². The summed E-state index contributed by atoms with van der Waals surface area (Å²) < 4.78 is 7.00. The number of nitrogen functional groups attached to an aromatic ring is 1. The van der Waals surface area contributed by atoms with Crippen molar-refractivity contribution in [2.24, 2.45) is 0 Å². The Labute approximate surface area is 122 Å². The second kappa shape index (κ2) is 6.30. The van der Waals surface area contributed by atoms with Crippen molar-refractivity contribution in [3.63, 3.8) is 0 Å². The van der Waals surface area contributed by atoms with Gasteiger partial charge in [-0.15, -0.1) is 0 Å². The number of aryl methyl sites for hydroxylation is 1. The maximum atomic E-state index is 11.9. The quantitative estimate of drug-likeness (QED) is 0.807. The number of aromatic amines is 1. The van der Waals surface area contributed by atoms with Gasteiger partial charge in [0.05, 0.1) is 13.2 Å². The van der Waals surface area contributed by atoms with E-state index in [1.165, 1.54) is 4.57 Å². The third kappa shape index (κ3) is 3.34. The lowest BCUT2D eigenvalue weighted by Crippen LogP contribution is -2.32. The summed E-state index contributed by atoms with van der Waals surface area (Å²) in [4.78, 5) is 25.8. The highest BCUT2D eigenvalue weighted by Gasteiger charge is 2.08. The number of nitrogens with two attached hydrogens (primary N) is 1. The number of hydrogen-bond donors (Lipinski definition) is 2. The van der Waals surface area contributed by atoms with Crippen LogP contribution in [0, 0.1) is 0 Å². The number of benzene rings is 1. The Hall–Kier alpha value is -2.50. The molecule has 3 N–H and O–H groups in total. The molecule has 0 amide bonds. The van der Waals surface area contributed by atoms with Gasteiger partial charge in [0, 0.05) is 23.0 Å². The van der Waals surface area contributed by atoms with E-state index >= 15 is 0 Å². The fraction of sp³-hybridized carbons (Fsp3) is 0.333. The number of nitrogens with one attached hydrogen (secondary N) is 1. The molecule has 6 heteroatoms. The van der Waals surface area contributed by atoms with E-state index in [1.807, 2.05) is 13.8 Å². The molecule has 0 bridgehead atoms. The van der Waals surface area contributed by atoms with E-state index in [4.69, 9.17) is 10.5 Å². The first-order chi connectivity index (χ1) is 10.0. The summed E-state index contributed by atoms with van der Waals surface area (Å²) in [6, 6.07) is 5.31. The van der Waals surface area contributed by atoms with Gasteiger partial charge in [0.25, 0.3) is 5.56 Å². The smallest absolute Gasteiger partial charge is 0.328 e. The van der Waals surface area contributed by atoms with Crippen LogP contribution in [0.4, 0.5) is 5.69 Å². The van der Waals surface area contributed by atoms with Crippen LogP contribution in [0.5, 0.6) is 5.75 Å². The molecule has 0 unspecified atom stereocenters. The molecule has 1 heterocycles. The van der Waals surface area contributed by atoms with Crippen LogP contribution in [0.15, 0.2) is 34.0 Å². The summed E-state index contributed by atoms with van der Waals surface area (Å²) in [6.07, 6.45) is 2.14. The second-order valence-corrected chi connectivity index (χ2v) is 4.70. The lowest BCUT2D eigenvalue weighted by molar-refractivity contribution is 0.335. The number of H-pyrrole nitrogens is 1. The van der Waals surface area contributed by atoms with Crippen LogP contribution in [-0.4, -0.2) is 16.2 Å². The van der Waals surface area contributed by atoms with Crippen molar-refractivity contribution in [1.29, 1.82) is 0 Å². The van der Waals surface area contributed by atoms with Gasteiger partial charge in [0.1, 0.15) is 5.75 Å². The Morgan fingerprint density at radius 1 is 1.24 bits per heavy atom. The summed E-state index contributed by atoms with van der Waals surface area (Å²) in [5, 5.41) is 0. The average molecular weight is 289 g/mol. The SMILES string of the molecule is CCOc1ccc(N)cc1Cn1cc(CC)c(=O)[nH]c1=O. The molecule has 1 aromatic carbocycles. The summed E-state index contributed by atoms with van der Waals surface area (Å²) in [5.74, 6) is 0.683. The fourth-order valence-corrected chi connectivity index (χ4v) is 2.13. The van der Waals surface area contributed by atoms with Gasteiger partial charge in [-0.3, -0.25) is 14.3 Å². The lowest BCUT2D eigenvalue weighted by atomic mass is 10.1. The average Bonchev–Trinajstić information content (AvgIpc) is 2.45. The van der Waals surface area contributed by atoms with Gasteiger partial charge in [-0.2, -0.15) is 0 Å². The molecule has 0 spiro atoms. The molecule has 0 aliphatic carbocycles. The number of hydrogen-bond acceptors (Lipinski definition) is 4. The third-order valence-corrected chi connectivity index (χ3v) is 3.19. The number of anilines is 1. The first-order valence-electron chi connectivity index (χ1n) is 6.89. The van der Waals surface area contributed by atoms with Crippen molar-refractivity contribution in [2.75, 3.05) is 12.3 Å². The molecular weight excluding hydrogens is 270 g/mol. The van der Waals surface area contributed by atoms with Crippen molar-refractivity contribution >= 4 is 5.69 Å². The minimum Gasteiger partial charge on any atom is -0.494 e. The Morgan fingerprint density at radius 2 is 2.00 bits per heavy atom. The molecule has 2 aromatic rings. The maximum Gasteiger partial charge on any atom is 0.328 e. The Balaban J connectivity index is 2.44. The minimum absolute atomic E-state index is 0.295. The zero-order valence-electron chi connectivity index (χ0n) is 12.2. The highest BCUT2D eigenvalue weighted by atomic mass is 16.5. The number of rotatable bonds is 5. The number of ether oxygens (including phenoxy) is 1. The molecule has 0 fully saturated rings. The van der Waals surface area contributed by atoms with E-state index in [2.05, 4.69) is 4.98 Å². The van der Waals surface area contributed by atoms with Gasteiger partial charge >= 0.3 is 5.69 Å². The van der Waals surface area contributed by atoms with Gasteiger partial charge in [0.2, 0.25) is 0 Å². The van der Waals surface area contributed by atoms with Crippen molar-refractivity contribution in [3.8, 4) is 5.75 Å². The van der Waals surface area contributed by atoms with Crippen LogP contribution in [-0.2, 0) is 13.0 Å². The molecule has 0 aliphatic rings. The molecule has 0 saturated carbocycles. The van der Waals surface area contributed by atoms with Crippen LogP contribution in [0.1, 0.15) is 25.0 Å². The maximum absolute atomic E-state index is 11.9. The largest absolute Gasteiger partial charge is 0.494 e. The van der Waals surface area contributed by atoms with Gasteiger partial charge < -0.3 is 10.5 Å². The fourth-order valence-electron chi connectivity index (χ4n) is 2.13. The third-order valence-electron chi connectivity index (χ3n) is 3.19. The summed E-state index contributed by atoms with van der Waals surface area (Å²) >= 11 is 0. The van der Waals surface area contributed by atoms with Crippen LogP contribution in [0.3, 0.4) is 0 Å². The molecule has 2 rings (SSSR count). The Morgan fingerprint density at radius 3 is 2.67 bits per heavy atom. The molecule has 6 nitrogen and oxygen atoms in total. The van der Waals surface area contributed by atoms with Crippen LogP contribution in [0.2, 0.25) is 0 Å². The molecule has 0 saturated heterocycles. The predicted molar refractivity (Wildman–Crippen MR) is 81.8 cm³/mol. The monoisotopic (exact) mass is 289 g/mol. The highest BCUT2D eigenvalue weighted by molar-refractivity contribution is 5.48. The van der Waals surface area contributed by atoms with E-state index in [9.17, 15) is 9.59 Å². The van der Waals surface area contributed by atoms with Crippen LogP contribution >= 0.6 is 0 Å². The molecule has 0 atom stereocenters. The Bertz CT molecular complexity index is 747. The van der Waals surface area contributed by atoms with Crippen LogP contribution in [0.25, 0.3) is 0 Å². The predicted octanol–water partition coefficient (Wildman–Crippen LogP) is 1.13. The topological polar surface area (TPSA) is 90.1 Å². The second-order valence-electron chi connectivity index (χ2n) is 4.70. The normalized spacial score (nSPS) is 10.6. The number of nitrogens with zero attached hydrogens (tertiary/aromatic N) is 1. The Kier molecular flexibility index (Phi) is 4.47. The van der Waals surface area contributed by atoms with E-state index in [1.54, 1.807) is 24.4 Å². The van der Waals surface area contributed by atoms with Crippen molar-refractivity contribution in [1.82, 2.24) is 9.55 Å². The van der Waals surface area contributed by atoms with Gasteiger partial charge in [-0.25, -0.2) is 4.79 Å². The van der Waals surface area contributed by atoms with Gasteiger partial charge in [0.15, 0.2) is 0 Å². The highest BCUT2D eigenvalue weighted by Crippen LogP contribution is 2.22. The minimum atomic E-state index is -0.443. The van der Waals surface area contributed by atoms with Gasteiger partial charge in [-0.1, -0.05) is 6.92 Å². The van der Waals surface area contributed by atoms with E-state index in [0.29, 0.717) is 36.6 Å². The van der Waals surface area contributed by atoms with Crippen molar-refractivity contribution in [3.05, 3.63) is 56.4 Å². The molecular formula is C15H19N3O3. The van der Waals surface area contributed by atoms with Crippen molar-refractivity contribution < 1.29 is 4.74 Å². The molecule has 0 radical (unpaired) electrons. The zero-order chi connectivity index (χ0) is 15.4. The first-order valence-corrected chi connectivity index (χ1v) is 6.89. The van der Waals surface area contributed by atoms with E-state index < -0.39 is 5.69 Å². The van der Waals surface area contributed by atoms with Crippen LogP contribution < -0.4 is 21.7 Å². The molecule has 1 aromatic heterocycles. The molecule has 0 aliphatic heterocycles. The number of aromatic nitrogens is 2. The van der Waals surface area contributed by atoms with E-state index in [0.717, 1.165) is 5.56 Å². The summed E-state index contributed by atoms with van der Waals surface area (Å²) in [7, 11) is 0. The van der Waals surface area contributed by atoms with E-state index in [-0.39, 0.29) is 5.56 Å². The zero-order valence-corrected chi connectivity index (χ0v) is 12.2. The standard InChI is InChI=1S/C15H19N3O3/c1-3-10-8-18(15(20)17-14(10)19)9-11-7-12(16)5-6-13(11)21-4-2/h5-8H,3-4,9,16H2,1-2H3,(H,17,19,20). The van der Waals surface area contributed by atoms with Gasteiger partial charge in [-0.05, 0) is 31.5 Å².